The number of nitrogens with zero attached hydrogens (tertiary/aromatic N) is 2. The summed E-state index contributed by atoms with van der Waals surface area (Å²) in [6.07, 6.45) is -0.429. The van der Waals surface area contributed by atoms with E-state index in [1.54, 1.807) is 7.11 Å². The van der Waals surface area contributed by atoms with Crippen LogP contribution in [0.3, 0.4) is 0 Å². The second-order valence-corrected chi connectivity index (χ2v) is 5.60. The van der Waals surface area contributed by atoms with Crippen LogP contribution in [-0.4, -0.2) is 70.9 Å². The van der Waals surface area contributed by atoms with Gasteiger partial charge in [0, 0.05) is 31.4 Å². The minimum Gasteiger partial charge on any atom is -0.497 e. The summed E-state index contributed by atoms with van der Waals surface area (Å²) in [4.78, 5) is 16.4. The number of benzene rings is 1. The number of morpholine rings is 1. The molecule has 0 unspecified atom stereocenters. The Labute approximate surface area is 132 Å². The largest absolute Gasteiger partial charge is 0.497 e. The molecule has 1 fully saturated rings. The first-order valence-electron chi connectivity index (χ1n) is 7.53. The number of methoxy groups -OCH3 is 1. The average Bonchev–Trinajstić information content (AvgIpc) is 2.54. The number of nitrogens with one attached hydrogen (secondary N) is 1. The smallest absolute Gasteiger partial charge is 0.251 e. The first-order chi connectivity index (χ1) is 10.6. The molecule has 0 aliphatic carbocycles. The number of hydrogen-bond acceptors (Lipinski definition) is 5. The van der Waals surface area contributed by atoms with Crippen LogP contribution >= 0.6 is 0 Å². The van der Waals surface area contributed by atoms with Gasteiger partial charge in [-0.2, -0.15) is 0 Å². The van der Waals surface area contributed by atoms with E-state index in [1.165, 1.54) is 0 Å². The SMILES string of the molecule is COc1cccc(N2CCO[C@H](C(=O)NCCN(C)C)C2)c1. The van der Waals surface area contributed by atoms with Gasteiger partial charge in [0.15, 0.2) is 6.10 Å². The van der Waals surface area contributed by atoms with Crippen LogP contribution in [0.4, 0.5) is 5.69 Å². The lowest BCUT2D eigenvalue weighted by Crippen LogP contribution is -2.50. The van der Waals surface area contributed by atoms with Crippen LogP contribution in [0.25, 0.3) is 0 Å². The molecular formula is C16H25N3O3. The van der Waals surface area contributed by atoms with Crippen molar-refractivity contribution in [2.75, 3.05) is 58.9 Å². The molecule has 1 N–H and O–H groups in total. The summed E-state index contributed by atoms with van der Waals surface area (Å²) in [5.41, 5.74) is 1.05. The van der Waals surface area contributed by atoms with Gasteiger partial charge in [-0.05, 0) is 26.2 Å². The van der Waals surface area contributed by atoms with Gasteiger partial charge in [0.05, 0.1) is 20.3 Å². The number of rotatable bonds is 6. The van der Waals surface area contributed by atoms with Crippen LogP contribution < -0.4 is 15.0 Å². The zero-order valence-electron chi connectivity index (χ0n) is 13.5. The first kappa shape index (κ1) is 16.6. The fraction of sp³-hybridized carbons (Fsp3) is 0.562. The summed E-state index contributed by atoms with van der Waals surface area (Å²) in [5.74, 6) is 0.769. The maximum absolute atomic E-state index is 12.2. The van der Waals surface area contributed by atoms with E-state index in [0.29, 0.717) is 19.7 Å². The zero-order valence-corrected chi connectivity index (χ0v) is 13.5. The Morgan fingerprint density at radius 2 is 2.32 bits per heavy atom. The Bertz CT molecular complexity index is 493. The van der Waals surface area contributed by atoms with Crippen LogP contribution in [0.1, 0.15) is 0 Å². The number of ether oxygens (including phenoxy) is 2. The molecule has 1 aromatic carbocycles. The van der Waals surface area contributed by atoms with Gasteiger partial charge in [-0.15, -0.1) is 0 Å². The summed E-state index contributed by atoms with van der Waals surface area (Å²) in [5, 5.41) is 2.92. The van der Waals surface area contributed by atoms with E-state index in [1.807, 2.05) is 43.3 Å². The molecule has 122 valence electrons. The van der Waals surface area contributed by atoms with Crippen molar-refractivity contribution < 1.29 is 14.3 Å². The van der Waals surface area contributed by atoms with E-state index < -0.39 is 6.10 Å². The highest BCUT2D eigenvalue weighted by atomic mass is 16.5. The van der Waals surface area contributed by atoms with Gasteiger partial charge < -0.3 is 24.6 Å². The first-order valence-corrected chi connectivity index (χ1v) is 7.53. The maximum Gasteiger partial charge on any atom is 0.251 e. The number of likely N-dealkylation sites (N-methyl/N-ethyl adjacent to an activating group) is 1. The van der Waals surface area contributed by atoms with Gasteiger partial charge >= 0.3 is 0 Å². The standard InChI is InChI=1S/C16H25N3O3/c1-18(2)8-7-17-16(20)15-12-19(9-10-22-15)13-5-4-6-14(11-13)21-3/h4-6,11,15H,7-10,12H2,1-3H3,(H,17,20)/t15-/m0/s1. The second kappa shape index (κ2) is 8.00. The lowest BCUT2D eigenvalue weighted by Gasteiger charge is -2.34. The van der Waals surface area contributed by atoms with Gasteiger partial charge in [-0.25, -0.2) is 0 Å². The third-order valence-electron chi connectivity index (χ3n) is 3.64. The van der Waals surface area contributed by atoms with Gasteiger partial charge in [-0.1, -0.05) is 6.07 Å². The maximum atomic E-state index is 12.2. The third kappa shape index (κ3) is 4.61. The van der Waals surface area contributed by atoms with Gasteiger partial charge in [0.1, 0.15) is 5.75 Å². The van der Waals surface area contributed by atoms with Crippen molar-refractivity contribution in [2.24, 2.45) is 0 Å². The number of hydrogen-bond donors (Lipinski definition) is 1. The van der Waals surface area contributed by atoms with Crippen molar-refractivity contribution in [2.45, 2.75) is 6.10 Å². The molecule has 22 heavy (non-hydrogen) atoms. The highest BCUT2D eigenvalue weighted by Crippen LogP contribution is 2.22. The molecule has 1 aliphatic heterocycles. The molecule has 0 radical (unpaired) electrons. The van der Waals surface area contributed by atoms with E-state index in [2.05, 4.69) is 10.2 Å². The molecule has 0 saturated carbocycles. The Morgan fingerprint density at radius 3 is 3.05 bits per heavy atom. The van der Waals surface area contributed by atoms with Crippen LogP contribution in [-0.2, 0) is 9.53 Å². The Morgan fingerprint density at radius 1 is 1.50 bits per heavy atom. The normalized spacial score (nSPS) is 18.4. The molecule has 0 bridgehead atoms. The van der Waals surface area contributed by atoms with Gasteiger partial charge in [-0.3, -0.25) is 4.79 Å². The van der Waals surface area contributed by atoms with Gasteiger partial charge in [0.25, 0.3) is 5.91 Å². The minimum absolute atomic E-state index is 0.0468. The molecule has 1 heterocycles. The van der Waals surface area contributed by atoms with E-state index in [0.717, 1.165) is 24.5 Å². The number of amides is 1. The summed E-state index contributed by atoms with van der Waals surface area (Å²) in [6, 6.07) is 7.87. The molecular weight excluding hydrogens is 282 g/mol. The van der Waals surface area contributed by atoms with Gasteiger partial charge in [0.2, 0.25) is 0 Å². The number of anilines is 1. The lowest BCUT2D eigenvalue weighted by molar-refractivity contribution is -0.133. The number of carbonyl (C=O) groups excluding carboxylic acids is 1. The molecule has 1 amide bonds. The van der Waals surface area contributed by atoms with Crippen LogP contribution in [0.15, 0.2) is 24.3 Å². The summed E-state index contributed by atoms with van der Waals surface area (Å²) >= 11 is 0. The van der Waals surface area contributed by atoms with Crippen molar-refractivity contribution >= 4 is 11.6 Å². The van der Waals surface area contributed by atoms with Crippen molar-refractivity contribution in [3.63, 3.8) is 0 Å². The molecule has 1 saturated heterocycles. The third-order valence-corrected chi connectivity index (χ3v) is 3.64. The van der Waals surface area contributed by atoms with Crippen molar-refractivity contribution in [1.82, 2.24) is 10.2 Å². The minimum atomic E-state index is -0.429. The average molecular weight is 307 g/mol. The van der Waals surface area contributed by atoms with E-state index >= 15 is 0 Å². The number of carbonyl (C=O) groups is 1. The summed E-state index contributed by atoms with van der Waals surface area (Å²) in [7, 11) is 5.61. The molecule has 1 atom stereocenters. The molecule has 0 aromatic heterocycles. The molecule has 6 nitrogen and oxygen atoms in total. The van der Waals surface area contributed by atoms with E-state index in [4.69, 9.17) is 9.47 Å². The highest BCUT2D eigenvalue weighted by Gasteiger charge is 2.26. The van der Waals surface area contributed by atoms with Crippen molar-refractivity contribution in [1.29, 1.82) is 0 Å². The molecule has 6 heteroatoms. The second-order valence-electron chi connectivity index (χ2n) is 5.60. The highest BCUT2D eigenvalue weighted by molar-refractivity contribution is 5.81. The van der Waals surface area contributed by atoms with Crippen molar-refractivity contribution in [3.8, 4) is 5.75 Å². The van der Waals surface area contributed by atoms with E-state index in [-0.39, 0.29) is 5.91 Å². The lowest BCUT2D eigenvalue weighted by atomic mass is 10.2. The Hall–Kier alpha value is -1.79. The van der Waals surface area contributed by atoms with E-state index in [9.17, 15) is 4.79 Å². The van der Waals surface area contributed by atoms with Crippen molar-refractivity contribution in [3.05, 3.63) is 24.3 Å². The van der Waals surface area contributed by atoms with Crippen LogP contribution in [0, 0.1) is 0 Å². The fourth-order valence-electron chi connectivity index (χ4n) is 2.37. The predicted octanol–water partition coefficient (Wildman–Crippen LogP) is 0.578. The molecule has 2 rings (SSSR count). The topological polar surface area (TPSA) is 54.0 Å². The van der Waals surface area contributed by atoms with Crippen LogP contribution in [0.2, 0.25) is 0 Å². The Kier molecular flexibility index (Phi) is 6.03. The molecule has 1 aromatic rings. The monoisotopic (exact) mass is 307 g/mol. The zero-order chi connectivity index (χ0) is 15.9. The summed E-state index contributed by atoms with van der Waals surface area (Å²) < 4.78 is 10.9. The van der Waals surface area contributed by atoms with Crippen LogP contribution in [0.5, 0.6) is 5.75 Å². The molecule has 1 aliphatic rings. The fourth-order valence-corrected chi connectivity index (χ4v) is 2.37. The molecule has 0 spiro atoms. The Balaban J connectivity index is 1.92. The predicted molar refractivity (Wildman–Crippen MR) is 86.5 cm³/mol. The summed E-state index contributed by atoms with van der Waals surface area (Å²) in [6.45, 7) is 3.32. The quantitative estimate of drug-likeness (QED) is 0.833.